The number of carbonyl (C=O) groups is 2. The van der Waals surface area contributed by atoms with Crippen LogP contribution in [0.25, 0.3) is 0 Å². The van der Waals surface area contributed by atoms with Crippen LogP contribution in [0.5, 0.6) is 11.5 Å². The van der Waals surface area contributed by atoms with E-state index in [0.29, 0.717) is 21.9 Å². The molecule has 11 heteroatoms. The lowest BCUT2D eigenvalue weighted by Crippen LogP contribution is -2.21. The van der Waals surface area contributed by atoms with Crippen LogP contribution >= 0.6 is 22.9 Å². The zero-order valence-corrected chi connectivity index (χ0v) is 17.6. The number of esters is 1. The first-order valence-corrected chi connectivity index (χ1v) is 9.66. The average molecular weight is 442 g/mol. The minimum atomic E-state index is -0.569. The van der Waals surface area contributed by atoms with Gasteiger partial charge in [0, 0.05) is 0 Å². The summed E-state index contributed by atoms with van der Waals surface area (Å²) in [5.41, 5.74) is 3.07. The Morgan fingerprint density at radius 3 is 2.66 bits per heavy atom. The number of thiazole rings is 1. The van der Waals surface area contributed by atoms with Crippen molar-refractivity contribution in [3.63, 3.8) is 0 Å². The van der Waals surface area contributed by atoms with Gasteiger partial charge in [-0.25, -0.2) is 5.43 Å². The van der Waals surface area contributed by atoms with Crippen LogP contribution in [0.15, 0.2) is 28.1 Å². The van der Waals surface area contributed by atoms with Crippen molar-refractivity contribution < 1.29 is 23.8 Å². The Kier molecular flexibility index (Phi) is 8.22. The molecule has 0 spiro atoms. The smallest absolute Gasteiger partial charge is 0.326 e. The van der Waals surface area contributed by atoms with E-state index in [-0.39, 0.29) is 30.6 Å². The monoisotopic (exact) mass is 441 g/mol. The summed E-state index contributed by atoms with van der Waals surface area (Å²) in [6.07, 6.45) is 1.31. The van der Waals surface area contributed by atoms with Gasteiger partial charge < -0.3 is 14.2 Å². The first kappa shape index (κ1) is 22.4. The van der Waals surface area contributed by atoms with Gasteiger partial charge in [0.05, 0.1) is 38.3 Å². The number of rotatable bonds is 9. The summed E-state index contributed by atoms with van der Waals surface area (Å²) in [5, 5.41) is 3.87. The van der Waals surface area contributed by atoms with Gasteiger partial charge in [0.2, 0.25) is 5.91 Å². The fourth-order valence-corrected chi connectivity index (χ4v) is 3.44. The highest BCUT2D eigenvalue weighted by molar-refractivity contribution is 7.11. The number of methoxy groups -OCH3 is 2. The molecule has 1 aromatic carbocycles. The molecule has 0 saturated heterocycles. The van der Waals surface area contributed by atoms with E-state index in [9.17, 15) is 14.4 Å². The first-order chi connectivity index (χ1) is 13.9. The SMILES string of the molecule is CCOC(=O)Cn1c(Cl)c(/C=N/NC(=O)Cc2ccc(OC)c(OC)c2)sc1=O. The molecule has 2 rings (SSSR count). The quantitative estimate of drug-likeness (QED) is 0.361. The molecule has 0 aliphatic rings. The van der Waals surface area contributed by atoms with Gasteiger partial charge in [0.25, 0.3) is 0 Å². The van der Waals surface area contributed by atoms with E-state index >= 15 is 0 Å². The number of amides is 1. The number of hydrazone groups is 1. The zero-order valence-electron chi connectivity index (χ0n) is 16.1. The highest BCUT2D eigenvalue weighted by Gasteiger charge is 2.15. The van der Waals surface area contributed by atoms with Crippen LogP contribution in [0.4, 0.5) is 0 Å². The zero-order chi connectivity index (χ0) is 21.4. The molecular weight excluding hydrogens is 422 g/mol. The molecule has 0 atom stereocenters. The second-order valence-corrected chi connectivity index (χ2v) is 6.92. The van der Waals surface area contributed by atoms with Gasteiger partial charge >= 0.3 is 10.8 Å². The van der Waals surface area contributed by atoms with E-state index in [1.165, 1.54) is 20.4 Å². The molecule has 0 aliphatic heterocycles. The predicted octanol–water partition coefficient (Wildman–Crippen LogP) is 1.84. The van der Waals surface area contributed by atoms with Crippen LogP contribution < -0.4 is 19.8 Å². The Balaban J connectivity index is 2.00. The van der Waals surface area contributed by atoms with Gasteiger partial charge in [-0.15, -0.1) is 0 Å². The van der Waals surface area contributed by atoms with Gasteiger partial charge in [0.15, 0.2) is 11.5 Å². The Hall–Kier alpha value is -2.85. The fourth-order valence-electron chi connectivity index (χ4n) is 2.33. The summed E-state index contributed by atoms with van der Waals surface area (Å²) in [4.78, 5) is 35.5. The number of aromatic nitrogens is 1. The molecule has 0 fully saturated rings. The molecule has 1 heterocycles. The molecule has 9 nitrogen and oxygen atoms in total. The van der Waals surface area contributed by atoms with E-state index in [0.717, 1.165) is 15.9 Å². The topological polar surface area (TPSA) is 108 Å². The standard InChI is InChI=1S/C18H20ClN3O6S/c1-4-28-16(24)10-22-17(19)14(29-18(22)25)9-20-21-15(23)8-11-5-6-12(26-2)13(7-11)27-3/h5-7,9H,4,8,10H2,1-3H3,(H,21,23)/b20-9+. The Labute approximate surface area is 175 Å². The summed E-state index contributed by atoms with van der Waals surface area (Å²) in [6.45, 7) is 1.58. The number of halogens is 1. The number of nitrogens with zero attached hydrogens (tertiary/aromatic N) is 2. The molecular formula is C18H20ClN3O6S. The van der Waals surface area contributed by atoms with Crippen LogP contribution in [0.1, 0.15) is 17.4 Å². The lowest BCUT2D eigenvalue weighted by molar-refractivity contribution is -0.143. The van der Waals surface area contributed by atoms with Crippen molar-refractivity contribution in [3.05, 3.63) is 43.5 Å². The molecule has 0 radical (unpaired) electrons. The number of benzene rings is 1. The van der Waals surface area contributed by atoms with Crippen molar-refractivity contribution in [3.8, 4) is 11.5 Å². The molecule has 156 valence electrons. The van der Waals surface area contributed by atoms with Crippen molar-refractivity contribution in [2.75, 3.05) is 20.8 Å². The van der Waals surface area contributed by atoms with Gasteiger partial charge in [-0.3, -0.25) is 19.0 Å². The lowest BCUT2D eigenvalue weighted by atomic mass is 10.1. The molecule has 29 heavy (non-hydrogen) atoms. The molecule has 2 aromatic rings. The minimum absolute atomic E-state index is 0.0472. The first-order valence-electron chi connectivity index (χ1n) is 8.47. The van der Waals surface area contributed by atoms with Gasteiger partial charge in [-0.05, 0) is 24.6 Å². The van der Waals surface area contributed by atoms with Gasteiger partial charge in [-0.2, -0.15) is 5.10 Å². The van der Waals surface area contributed by atoms with E-state index in [1.807, 2.05) is 0 Å². The number of hydrogen-bond donors (Lipinski definition) is 1. The number of ether oxygens (including phenoxy) is 3. The normalized spacial score (nSPS) is 10.8. The maximum absolute atomic E-state index is 12.1. The van der Waals surface area contributed by atoms with Crippen molar-refractivity contribution in [2.45, 2.75) is 19.9 Å². The highest BCUT2D eigenvalue weighted by atomic mass is 35.5. The number of hydrogen-bond acceptors (Lipinski definition) is 8. The van der Waals surface area contributed by atoms with Gasteiger partial charge in [0.1, 0.15) is 11.7 Å². The Morgan fingerprint density at radius 2 is 2.00 bits per heavy atom. The number of carbonyl (C=O) groups excluding carboxylic acids is 2. The average Bonchev–Trinajstić information content (AvgIpc) is 2.95. The molecule has 0 aliphatic carbocycles. The third kappa shape index (κ3) is 6.06. The Bertz CT molecular complexity index is 969. The number of nitrogens with one attached hydrogen (secondary N) is 1. The molecule has 1 N–H and O–H groups in total. The van der Waals surface area contributed by atoms with E-state index in [1.54, 1.807) is 25.1 Å². The maximum atomic E-state index is 12.1. The van der Waals surface area contributed by atoms with Crippen LogP contribution in [0.3, 0.4) is 0 Å². The van der Waals surface area contributed by atoms with E-state index in [4.69, 9.17) is 25.8 Å². The molecule has 0 unspecified atom stereocenters. The summed E-state index contributed by atoms with van der Waals surface area (Å²) in [6, 6.07) is 5.14. The third-order valence-corrected chi connectivity index (χ3v) is 5.07. The molecule has 1 aromatic heterocycles. The maximum Gasteiger partial charge on any atom is 0.326 e. The van der Waals surface area contributed by atoms with Crippen LogP contribution in [0, 0.1) is 0 Å². The van der Waals surface area contributed by atoms with Crippen LogP contribution in [0.2, 0.25) is 5.15 Å². The second-order valence-electron chi connectivity index (χ2n) is 5.57. The van der Waals surface area contributed by atoms with Gasteiger partial charge in [-0.1, -0.05) is 29.0 Å². The summed E-state index contributed by atoms with van der Waals surface area (Å²) < 4.78 is 16.2. The lowest BCUT2D eigenvalue weighted by Gasteiger charge is -2.09. The largest absolute Gasteiger partial charge is 0.493 e. The van der Waals surface area contributed by atoms with Crippen LogP contribution in [-0.4, -0.2) is 43.5 Å². The van der Waals surface area contributed by atoms with Crippen molar-refractivity contribution in [1.82, 2.24) is 9.99 Å². The molecule has 0 bridgehead atoms. The van der Waals surface area contributed by atoms with E-state index in [2.05, 4.69) is 10.5 Å². The second kappa shape index (κ2) is 10.6. The van der Waals surface area contributed by atoms with Crippen LogP contribution in [-0.2, 0) is 27.3 Å². The highest BCUT2D eigenvalue weighted by Crippen LogP contribution is 2.27. The fraction of sp³-hybridized carbons (Fsp3) is 0.333. The predicted molar refractivity (Wildman–Crippen MR) is 109 cm³/mol. The van der Waals surface area contributed by atoms with E-state index < -0.39 is 10.8 Å². The summed E-state index contributed by atoms with van der Waals surface area (Å²) in [7, 11) is 3.04. The summed E-state index contributed by atoms with van der Waals surface area (Å²) >= 11 is 6.92. The summed E-state index contributed by atoms with van der Waals surface area (Å²) in [5.74, 6) is 0.135. The molecule has 1 amide bonds. The van der Waals surface area contributed by atoms with Crippen molar-refractivity contribution in [2.24, 2.45) is 5.10 Å². The molecule has 0 saturated carbocycles. The van der Waals surface area contributed by atoms with Crippen molar-refractivity contribution in [1.29, 1.82) is 0 Å². The third-order valence-electron chi connectivity index (χ3n) is 3.63. The van der Waals surface area contributed by atoms with Crippen molar-refractivity contribution >= 4 is 41.0 Å². The minimum Gasteiger partial charge on any atom is -0.493 e. The Morgan fingerprint density at radius 1 is 1.28 bits per heavy atom.